The Kier molecular flexibility index (Phi) is 1.01. The van der Waals surface area contributed by atoms with Crippen molar-refractivity contribution in [3.63, 3.8) is 0 Å². The molecule has 0 aromatic rings. The topological polar surface area (TPSA) is 38.3 Å². The van der Waals surface area contributed by atoms with Crippen LogP contribution in [0, 0.1) is 5.41 Å². The minimum absolute atomic E-state index is 0.169. The molecule has 0 bridgehead atoms. The van der Waals surface area contributed by atoms with Gasteiger partial charge in [0, 0.05) is 6.54 Å². The van der Waals surface area contributed by atoms with Crippen molar-refractivity contribution in [1.29, 1.82) is 0 Å². The highest BCUT2D eigenvalue weighted by Crippen LogP contribution is 2.19. The zero-order valence-electron chi connectivity index (χ0n) is 5.02. The Labute approximate surface area is 48.0 Å². The zero-order valence-corrected chi connectivity index (χ0v) is 5.02. The second-order valence-electron chi connectivity index (χ2n) is 2.59. The standard InChI is InChI=1S/C5H9NO2/c1-5(2)3-6-8-4(5)7/h6H,3H2,1-2H3. The minimum atomic E-state index is -0.319. The largest absolute Gasteiger partial charge is 0.370 e. The normalized spacial score (nSPS) is 25.5. The molecular weight excluding hydrogens is 106 g/mol. The number of carbonyl (C=O) groups excluding carboxylic acids is 1. The van der Waals surface area contributed by atoms with Crippen LogP contribution in [-0.2, 0) is 9.63 Å². The molecule has 0 amide bonds. The molecule has 0 aromatic heterocycles. The Morgan fingerprint density at radius 3 is 2.50 bits per heavy atom. The maximum absolute atomic E-state index is 10.6. The lowest BCUT2D eigenvalue weighted by atomic mass is 9.96. The van der Waals surface area contributed by atoms with E-state index in [1.54, 1.807) is 0 Å². The minimum Gasteiger partial charge on any atom is -0.370 e. The van der Waals surface area contributed by atoms with Crippen molar-refractivity contribution < 1.29 is 9.63 Å². The number of hydrogen-bond donors (Lipinski definition) is 1. The lowest BCUT2D eigenvalue weighted by Crippen LogP contribution is -2.21. The molecule has 46 valence electrons. The van der Waals surface area contributed by atoms with E-state index in [0.29, 0.717) is 6.54 Å². The van der Waals surface area contributed by atoms with Crippen LogP contribution < -0.4 is 5.48 Å². The molecule has 1 N–H and O–H groups in total. The number of nitrogens with one attached hydrogen (secondary N) is 1. The molecule has 0 atom stereocenters. The van der Waals surface area contributed by atoms with Crippen LogP contribution in [0.15, 0.2) is 0 Å². The van der Waals surface area contributed by atoms with E-state index in [2.05, 4.69) is 10.3 Å². The highest BCUT2D eigenvalue weighted by atomic mass is 16.7. The van der Waals surface area contributed by atoms with Gasteiger partial charge in [-0.1, -0.05) is 0 Å². The third-order valence-electron chi connectivity index (χ3n) is 1.23. The summed E-state index contributed by atoms with van der Waals surface area (Å²) in [5.41, 5.74) is 2.19. The second kappa shape index (κ2) is 1.45. The summed E-state index contributed by atoms with van der Waals surface area (Å²) < 4.78 is 0. The van der Waals surface area contributed by atoms with Crippen molar-refractivity contribution >= 4 is 5.97 Å². The summed E-state index contributed by atoms with van der Waals surface area (Å²) in [6, 6.07) is 0. The van der Waals surface area contributed by atoms with Crippen LogP contribution in [0.2, 0.25) is 0 Å². The van der Waals surface area contributed by atoms with Gasteiger partial charge in [-0.3, -0.25) is 0 Å². The third-order valence-corrected chi connectivity index (χ3v) is 1.23. The first kappa shape index (κ1) is 5.56. The molecule has 0 radical (unpaired) electrons. The fourth-order valence-electron chi connectivity index (χ4n) is 0.492. The van der Waals surface area contributed by atoms with Gasteiger partial charge >= 0.3 is 5.97 Å². The van der Waals surface area contributed by atoms with E-state index >= 15 is 0 Å². The monoisotopic (exact) mass is 115 g/mol. The molecule has 1 aliphatic rings. The van der Waals surface area contributed by atoms with Crippen molar-refractivity contribution in [3.8, 4) is 0 Å². The van der Waals surface area contributed by atoms with Gasteiger partial charge in [-0.05, 0) is 13.8 Å². The molecule has 0 aliphatic carbocycles. The van der Waals surface area contributed by atoms with Gasteiger partial charge in [0.25, 0.3) is 0 Å². The Hall–Kier alpha value is -0.570. The summed E-state index contributed by atoms with van der Waals surface area (Å²) in [5.74, 6) is -0.169. The lowest BCUT2D eigenvalue weighted by Gasteiger charge is -2.06. The fourth-order valence-corrected chi connectivity index (χ4v) is 0.492. The van der Waals surface area contributed by atoms with Gasteiger partial charge < -0.3 is 4.84 Å². The van der Waals surface area contributed by atoms with Gasteiger partial charge in [0.15, 0.2) is 0 Å². The van der Waals surface area contributed by atoms with Crippen LogP contribution in [0.1, 0.15) is 13.8 Å². The van der Waals surface area contributed by atoms with Crippen LogP contribution in [0.25, 0.3) is 0 Å². The Balaban J connectivity index is 2.68. The van der Waals surface area contributed by atoms with E-state index in [4.69, 9.17) is 0 Å². The SMILES string of the molecule is CC1(C)CNOC1=O. The molecule has 0 spiro atoms. The smallest absolute Gasteiger partial charge is 0.331 e. The summed E-state index contributed by atoms with van der Waals surface area (Å²) in [7, 11) is 0. The van der Waals surface area contributed by atoms with E-state index in [9.17, 15) is 4.79 Å². The van der Waals surface area contributed by atoms with Crippen molar-refractivity contribution in [2.24, 2.45) is 5.41 Å². The number of hydrogen-bond acceptors (Lipinski definition) is 3. The van der Waals surface area contributed by atoms with E-state index in [1.807, 2.05) is 13.8 Å². The average Bonchev–Trinajstić information content (AvgIpc) is 1.86. The quantitative estimate of drug-likeness (QED) is 0.485. The molecule has 1 fully saturated rings. The van der Waals surface area contributed by atoms with Crippen LogP contribution in [0.3, 0.4) is 0 Å². The maximum atomic E-state index is 10.6. The highest BCUT2D eigenvalue weighted by molar-refractivity contribution is 5.77. The highest BCUT2D eigenvalue weighted by Gasteiger charge is 2.35. The number of carbonyl (C=O) groups is 1. The molecule has 1 aliphatic heterocycles. The molecule has 0 unspecified atom stereocenters. The molecule has 1 rings (SSSR count). The molecular formula is C5H9NO2. The van der Waals surface area contributed by atoms with Gasteiger partial charge in [-0.25, -0.2) is 4.79 Å². The third kappa shape index (κ3) is 0.690. The summed E-state index contributed by atoms with van der Waals surface area (Å²) in [6.45, 7) is 4.30. The van der Waals surface area contributed by atoms with Crippen molar-refractivity contribution in [3.05, 3.63) is 0 Å². The van der Waals surface area contributed by atoms with E-state index in [-0.39, 0.29) is 11.4 Å². The van der Waals surface area contributed by atoms with Crippen molar-refractivity contribution in [1.82, 2.24) is 5.48 Å². The van der Waals surface area contributed by atoms with Crippen molar-refractivity contribution in [2.75, 3.05) is 6.54 Å². The van der Waals surface area contributed by atoms with Gasteiger partial charge in [0.05, 0.1) is 5.41 Å². The Morgan fingerprint density at radius 2 is 2.38 bits per heavy atom. The van der Waals surface area contributed by atoms with Crippen LogP contribution in [-0.4, -0.2) is 12.5 Å². The molecule has 0 saturated carbocycles. The summed E-state index contributed by atoms with van der Waals surface area (Å²) >= 11 is 0. The van der Waals surface area contributed by atoms with Gasteiger partial charge in [-0.2, -0.15) is 5.48 Å². The molecule has 3 heteroatoms. The summed E-state index contributed by atoms with van der Waals surface area (Å²) in [4.78, 5) is 15.1. The average molecular weight is 115 g/mol. The van der Waals surface area contributed by atoms with Crippen molar-refractivity contribution in [2.45, 2.75) is 13.8 Å². The lowest BCUT2D eigenvalue weighted by molar-refractivity contribution is -0.148. The maximum Gasteiger partial charge on any atom is 0.331 e. The summed E-state index contributed by atoms with van der Waals surface area (Å²) in [5, 5.41) is 0. The fraction of sp³-hybridized carbons (Fsp3) is 0.800. The number of hydroxylamine groups is 1. The van der Waals surface area contributed by atoms with Gasteiger partial charge in [-0.15, -0.1) is 0 Å². The first-order valence-electron chi connectivity index (χ1n) is 2.57. The molecule has 8 heavy (non-hydrogen) atoms. The van der Waals surface area contributed by atoms with Crippen LogP contribution in [0.4, 0.5) is 0 Å². The Bertz CT molecular complexity index is 120. The first-order chi connectivity index (χ1) is 3.63. The summed E-state index contributed by atoms with van der Waals surface area (Å²) in [6.07, 6.45) is 0. The molecule has 3 nitrogen and oxygen atoms in total. The molecule has 1 saturated heterocycles. The van der Waals surface area contributed by atoms with Crippen LogP contribution >= 0.6 is 0 Å². The first-order valence-corrected chi connectivity index (χ1v) is 2.57. The van der Waals surface area contributed by atoms with E-state index in [1.165, 1.54) is 0 Å². The predicted octanol–water partition coefficient (Wildman–Crippen LogP) is 0.0740. The zero-order chi connectivity index (χ0) is 6.20. The van der Waals surface area contributed by atoms with Gasteiger partial charge in [0.2, 0.25) is 0 Å². The molecule has 0 aromatic carbocycles. The number of rotatable bonds is 0. The van der Waals surface area contributed by atoms with E-state index < -0.39 is 0 Å². The predicted molar refractivity (Wildman–Crippen MR) is 27.9 cm³/mol. The van der Waals surface area contributed by atoms with Gasteiger partial charge in [0.1, 0.15) is 0 Å². The van der Waals surface area contributed by atoms with Crippen LogP contribution in [0.5, 0.6) is 0 Å². The Morgan fingerprint density at radius 1 is 1.75 bits per heavy atom. The second-order valence-corrected chi connectivity index (χ2v) is 2.59. The molecule has 1 heterocycles. The van der Waals surface area contributed by atoms with E-state index in [0.717, 1.165) is 0 Å².